The highest BCUT2D eigenvalue weighted by Crippen LogP contribution is 2.31. The first kappa shape index (κ1) is 21.8. The summed E-state index contributed by atoms with van der Waals surface area (Å²) >= 11 is 6.21. The monoisotopic (exact) mass is 436 g/mol. The lowest BCUT2D eigenvalue weighted by Crippen LogP contribution is -2.47. The molecule has 2 aromatic rings. The van der Waals surface area contributed by atoms with Crippen molar-refractivity contribution in [1.82, 2.24) is 14.5 Å². The van der Waals surface area contributed by atoms with E-state index in [4.69, 9.17) is 16.4 Å². The summed E-state index contributed by atoms with van der Waals surface area (Å²) in [5.74, 6) is -1.19. The van der Waals surface area contributed by atoms with Gasteiger partial charge in [-0.1, -0.05) is 16.8 Å². The van der Waals surface area contributed by atoms with E-state index in [0.717, 1.165) is 10.6 Å². The zero-order valence-electron chi connectivity index (χ0n) is 17.2. The van der Waals surface area contributed by atoms with Crippen LogP contribution in [0.5, 0.6) is 0 Å². The Morgan fingerprint density at radius 2 is 2.00 bits per heavy atom. The molecule has 1 N–H and O–H groups in total. The first-order chi connectivity index (χ1) is 13.9. The minimum Gasteiger partial charge on any atom is -0.379 e. The highest BCUT2D eigenvalue weighted by atomic mass is 35.5. The molecule has 3 rings (SSSR count). The number of benzene rings is 1. The van der Waals surface area contributed by atoms with E-state index in [2.05, 4.69) is 10.5 Å². The molecule has 0 saturated carbocycles. The van der Waals surface area contributed by atoms with Gasteiger partial charge >= 0.3 is 5.69 Å². The Morgan fingerprint density at radius 1 is 1.33 bits per heavy atom. The fourth-order valence-electron chi connectivity index (χ4n) is 3.11. The minimum atomic E-state index is -1.26. The molecule has 1 amide bonds. The van der Waals surface area contributed by atoms with Gasteiger partial charge in [0.25, 0.3) is 11.5 Å². The van der Waals surface area contributed by atoms with Crippen LogP contribution in [-0.2, 0) is 16.7 Å². The van der Waals surface area contributed by atoms with Crippen molar-refractivity contribution in [3.63, 3.8) is 0 Å². The van der Waals surface area contributed by atoms with E-state index in [1.807, 2.05) is 13.8 Å². The van der Waals surface area contributed by atoms with E-state index >= 15 is 0 Å². The lowest BCUT2D eigenvalue weighted by atomic mass is 9.94. The zero-order chi connectivity index (χ0) is 22.4. The van der Waals surface area contributed by atoms with E-state index in [0.29, 0.717) is 11.4 Å². The number of amides is 1. The van der Waals surface area contributed by atoms with Crippen LogP contribution in [0.15, 0.2) is 32.9 Å². The Morgan fingerprint density at radius 3 is 2.63 bits per heavy atom. The second kappa shape index (κ2) is 7.71. The quantitative estimate of drug-likeness (QED) is 0.793. The van der Waals surface area contributed by atoms with Gasteiger partial charge in [-0.3, -0.25) is 9.59 Å². The van der Waals surface area contributed by atoms with Crippen LogP contribution in [0.4, 0.5) is 4.39 Å². The normalized spacial score (nSPS) is 18.3. The summed E-state index contributed by atoms with van der Waals surface area (Å²) in [5.41, 5.74) is -1.87. The summed E-state index contributed by atoms with van der Waals surface area (Å²) in [6.45, 7) is 6.83. The maximum absolute atomic E-state index is 14.7. The molecule has 10 heteroatoms. The second-order valence-electron chi connectivity index (χ2n) is 7.75. The molecule has 8 nitrogen and oxygen atoms in total. The van der Waals surface area contributed by atoms with Gasteiger partial charge in [0.15, 0.2) is 0 Å². The Kier molecular flexibility index (Phi) is 5.60. The van der Waals surface area contributed by atoms with Crippen molar-refractivity contribution in [2.45, 2.75) is 45.8 Å². The Bertz CT molecular complexity index is 1180. The molecule has 1 aliphatic rings. The molecule has 0 bridgehead atoms. The third kappa shape index (κ3) is 3.77. The maximum Gasteiger partial charge on any atom is 0.335 e. The van der Waals surface area contributed by atoms with E-state index in [1.165, 1.54) is 23.7 Å². The van der Waals surface area contributed by atoms with Gasteiger partial charge in [0.2, 0.25) is 5.60 Å². The highest BCUT2D eigenvalue weighted by Gasteiger charge is 2.43. The number of carbonyl (C=O) groups excluding carboxylic acids is 1. The van der Waals surface area contributed by atoms with Crippen molar-refractivity contribution in [3.05, 3.63) is 61.1 Å². The van der Waals surface area contributed by atoms with Gasteiger partial charge in [-0.25, -0.2) is 13.8 Å². The van der Waals surface area contributed by atoms with Crippen molar-refractivity contribution in [1.29, 1.82) is 0 Å². The van der Waals surface area contributed by atoms with Crippen LogP contribution in [0.1, 0.15) is 38.4 Å². The van der Waals surface area contributed by atoms with Crippen molar-refractivity contribution in [2.24, 2.45) is 12.2 Å². The summed E-state index contributed by atoms with van der Waals surface area (Å²) in [7, 11) is 1.48. The molecule has 0 radical (unpaired) electrons. The van der Waals surface area contributed by atoms with E-state index in [-0.39, 0.29) is 34.6 Å². The predicted molar refractivity (Wildman–Crippen MR) is 111 cm³/mol. The summed E-state index contributed by atoms with van der Waals surface area (Å²) in [6, 6.07) is 3.42. The maximum atomic E-state index is 14.7. The number of hydrogen-bond acceptors (Lipinski definition) is 5. The second-order valence-corrected chi connectivity index (χ2v) is 8.16. The summed E-state index contributed by atoms with van der Waals surface area (Å²) < 4.78 is 16.7. The Balaban J connectivity index is 2.07. The van der Waals surface area contributed by atoms with Crippen molar-refractivity contribution in [3.8, 4) is 5.69 Å². The molecule has 0 spiro atoms. The van der Waals surface area contributed by atoms with Crippen LogP contribution in [0.2, 0.25) is 5.02 Å². The van der Waals surface area contributed by atoms with Crippen molar-refractivity contribution >= 4 is 23.2 Å². The number of aromatic nitrogens is 2. The van der Waals surface area contributed by atoms with E-state index < -0.39 is 22.7 Å². The number of nitrogens with one attached hydrogen (secondary N) is 1. The van der Waals surface area contributed by atoms with Gasteiger partial charge in [0.1, 0.15) is 5.82 Å². The van der Waals surface area contributed by atoms with Gasteiger partial charge in [0, 0.05) is 36.8 Å². The molecular formula is C20H22ClFN4O4. The molecule has 2 heterocycles. The molecule has 160 valence electrons. The number of hydrogen-bond donors (Lipinski definition) is 1. The van der Waals surface area contributed by atoms with Crippen LogP contribution >= 0.6 is 11.6 Å². The largest absolute Gasteiger partial charge is 0.379 e. The third-order valence-corrected chi connectivity index (χ3v) is 5.22. The number of halogens is 2. The summed E-state index contributed by atoms with van der Waals surface area (Å²) in [5, 5.41) is 6.75. The van der Waals surface area contributed by atoms with Crippen molar-refractivity contribution < 1.29 is 14.0 Å². The molecule has 0 saturated heterocycles. The standard InChI is InChI=1S/C20H22ClFN4O4/c1-10(2)23-18(28)20(4)9-15(24-30-20)12-7-16(14(22)8-13(12)21)26-17(27)6-11(3)25(5)19(26)29/h6-8,10H,9H2,1-5H3,(H,23,28). The lowest BCUT2D eigenvalue weighted by Gasteiger charge is -2.22. The SMILES string of the molecule is Cc1cc(=O)n(-c2cc(C3=NOC(C)(C(=O)NC(C)C)C3)c(Cl)cc2F)c(=O)n1C. The van der Waals surface area contributed by atoms with Crippen LogP contribution in [0, 0.1) is 12.7 Å². The average Bonchev–Trinajstić information content (AvgIpc) is 3.04. The first-order valence-electron chi connectivity index (χ1n) is 9.30. The fraction of sp³-hybridized carbons (Fsp3) is 0.400. The summed E-state index contributed by atoms with van der Waals surface area (Å²) in [6.07, 6.45) is 0.0805. The van der Waals surface area contributed by atoms with Crippen LogP contribution in [-0.4, -0.2) is 32.4 Å². The smallest absolute Gasteiger partial charge is 0.335 e. The van der Waals surface area contributed by atoms with Gasteiger partial charge in [-0.05, 0) is 39.8 Å². The minimum absolute atomic E-state index is 0.0177. The van der Waals surface area contributed by atoms with Gasteiger partial charge in [-0.2, -0.15) is 0 Å². The van der Waals surface area contributed by atoms with Gasteiger partial charge in [-0.15, -0.1) is 0 Å². The number of rotatable bonds is 4. The zero-order valence-corrected chi connectivity index (χ0v) is 18.0. The predicted octanol–water partition coefficient (Wildman–Crippen LogP) is 2.04. The van der Waals surface area contributed by atoms with Crippen LogP contribution in [0.3, 0.4) is 0 Å². The summed E-state index contributed by atoms with van der Waals surface area (Å²) in [4.78, 5) is 42.8. The number of nitrogens with zero attached hydrogens (tertiary/aromatic N) is 3. The van der Waals surface area contributed by atoms with Crippen LogP contribution < -0.4 is 16.6 Å². The topological polar surface area (TPSA) is 94.7 Å². The third-order valence-electron chi connectivity index (χ3n) is 4.91. The average molecular weight is 437 g/mol. The fourth-order valence-corrected chi connectivity index (χ4v) is 3.37. The number of carbonyl (C=O) groups is 1. The molecule has 0 aliphatic carbocycles. The van der Waals surface area contributed by atoms with E-state index in [1.54, 1.807) is 13.8 Å². The molecule has 1 aromatic heterocycles. The molecule has 1 unspecified atom stereocenters. The lowest BCUT2D eigenvalue weighted by molar-refractivity contribution is -0.142. The molecule has 1 aliphatic heterocycles. The molecular weight excluding hydrogens is 415 g/mol. The number of aryl methyl sites for hydroxylation is 1. The molecule has 0 fully saturated rings. The Labute approximate surface area is 176 Å². The van der Waals surface area contributed by atoms with E-state index in [9.17, 15) is 18.8 Å². The molecule has 30 heavy (non-hydrogen) atoms. The Hall–Kier alpha value is -2.94. The highest BCUT2D eigenvalue weighted by molar-refractivity contribution is 6.34. The number of oxime groups is 1. The van der Waals surface area contributed by atoms with Gasteiger partial charge in [0.05, 0.1) is 16.4 Å². The molecule has 1 atom stereocenters. The van der Waals surface area contributed by atoms with Crippen LogP contribution in [0.25, 0.3) is 5.69 Å². The van der Waals surface area contributed by atoms with Crippen molar-refractivity contribution in [2.75, 3.05) is 0 Å². The van der Waals surface area contributed by atoms with Gasteiger partial charge < -0.3 is 14.7 Å². The molecule has 1 aromatic carbocycles. The first-order valence-corrected chi connectivity index (χ1v) is 9.68.